The average Bonchev–Trinajstić information content (AvgIpc) is 2.69. The third-order valence-corrected chi connectivity index (χ3v) is 3.83. The van der Waals surface area contributed by atoms with E-state index in [0.29, 0.717) is 18.1 Å². The van der Waals surface area contributed by atoms with Crippen LogP contribution in [0.1, 0.15) is 20.3 Å². The number of anilines is 1. The molecule has 110 valence electrons. The number of hydrogen-bond donors (Lipinski definition) is 1. The number of carbonyl (C=O) groups is 1. The van der Waals surface area contributed by atoms with Crippen molar-refractivity contribution in [3.63, 3.8) is 0 Å². The van der Waals surface area contributed by atoms with Crippen molar-refractivity contribution < 1.29 is 4.79 Å². The molecule has 1 aliphatic rings. The van der Waals surface area contributed by atoms with Gasteiger partial charge >= 0.3 is 0 Å². The number of nitrogens with zero attached hydrogens (tertiary/aromatic N) is 2. The number of hydrogen-bond acceptors (Lipinski definition) is 3. The van der Waals surface area contributed by atoms with Crippen LogP contribution in [0.15, 0.2) is 24.3 Å². The largest absolute Gasteiger partial charge is 0.324 e. The zero-order chi connectivity index (χ0) is 14.9. The van der Waals surface area contributed by atoms with Crippen LogP contribution in [0, 0.1) is 0 Å². The molecule has 0 bridgehead atoms. The number of nitrogens with two attached hydrogens (primary N) is 1. The number of carbonyl (C=O) groups excluding carboxylic acids is 1. The molecule has 0 aliphatic carbocycles. The van der Waals surface area contributed by atoms with Crippen LogP contribution in [0.25, 0.3) is 0 Å². The molecule has 1 saturated heterocycles. The van der Waals surface area contributed by atoms with E-state index in [1.807, 2.05) is 50.1 Å². The van der Waals surface area contributed by atoms with Gasteiger partial charge in [-0.15, -0.1) is 0 Å². The third kappa shape index (κ3) is 3.32. The summed E-state index contributed by atoms with van der Waals surface area (Å²) in [5.41, 5.74) is 6.51. The quantitative estimate of drug-likeness (QED) is 0.925. The van der Waals surface area contributed by atoms with Gasteiger partial charge in [0.15, 0.2) is 0 Å². The standard InChI is InChI=1S/C15H22ClN3O/c1-15(2,17)10-18(3)13-8-9-19(14(13)20)12-7-5-4-6-11(12)16/h4-7,13H,8-10,17H2,1-3H3. The molecule has 1 fully saturated rings. The van der Waals surface area contributed by atoms with Crippen LogP contribution in [0.4, 0.5) is 5.69 Å². The summed E-state index contributed by atoms with van der Waals surface area (Å²) in [6, 6.07) is 7.34. The fraction of sp³-hybridized carbons (Fsp3) is 0.533. The number of benzene rings is 1. The van der Waals surface area contributed by atoms with Gasteiger partial charge in [0.05, 0.1) is 16.8 Å². The van der Waals surface area contributed by atoms with Gasteiger partial charge in [-0.05, 0) is 39.4 Å². The first-order valence-electron chi connectivity index (χ1n) is 6.84. The SMILES string of the molecule is CN(CC(C)(C)N)C1CCN(c2ccccc2Cl)C1=O. The number of halogens is 1. The number of likely N-dealkylation sites (N-methyl/N-ethyl adjacent to an activating group) is 1. The highest BCUT2D eigenvalue weighted by Gasteiger charge is 2.36. The van der Waals surface area contributed by atoms with Crippen molar-refractivity contribution in [1.29, 1.82) is 0 Å². The van der Waals surface area contributed by atoms with E-state index < -0.39 is 0 Å². The minimum absolute atomic E-state index is 0.102. The Morgan fingerprint density at radius 1 is 1.45 bits per heavy atom. The van der Waals surface area contributed by atoms with Crippen molar-refractivity contribution in [3.05, 3.63) is 29.3 Å². The molecule has 1 heterocycles. The van der Waals surface area contributed by atoms with Gasteiger partial charge in [-0.1, -0.05) is 23.7 Å². The Hall–Kier alpha value is -1.10. The van der Waals surface area contributed by atoms with Gasteiger partial charge in [-0.25, -0.2) is 0 Å². The van der Waals surface area contributed by atoms with E-state index in [9.17, 15) is 4.79 Å². The monoisotopic (exact) mass is 295 g/mol. The molecule has 1 aliphatic heterocycles. The van der Waals surface area contributed by atoms with Crippen molar-refractivity contribution in [2.75, 3.05) is 25.0 Å². The first kappa shape index (κ1) is 15.3. The molecule has 0 aromatic heterocycles. The third-order valence-electron chi connectivity index (χ3n) is 3.51. The lowest BCUT2D eigenvalue weighted by Gasteiger charge is -2.30. The highest BCUT2D eigenvalue weighted by atomic mass is 35.5. The van der Waals surface area contributed by atoms with E-state index in [-0.39, 0.29) is 17.5 Å². The normalized spacial score (nSPS) is 20.0. The molecule has 1 aromatic carbocycles. The smallest absolute Gasteiger partial charge is 0.244 e. The van der Waals surface area contributed by atoms with Gasteiger partial charge in [-0.3, -0.25) is 9.69 Å². The highest BCUT2D eigenvalue weighted by molar-refractivity contribution is 6.33. The maximum atomic E-state index is 12.6. The molecule has 4 nitrogen and oxygen atoms in total. The van der Waals surface area contributed by atoms with E-state index in [1.54, 1.807) is 4.90 Å². The molecule has 20 heavy (non-hydrogen) atoms. The van der Waals surface area contributed by atoms with Gasteiger partial charge in [0.1, 0.15) is 0 Å². The van der Waals surface area contributed by atoms with Crippen LogP contribution < -0.4 is 10.6 Å². The maximum Gasteiger partial charge on any atom is 0.244 e. The fourth-order valence-electron chi connectivity index (χ4n) is 2.74. The van der Waals surface area contributed by atoms with Gasteiger partial charge < -0.3 is 10.6 Å². The van der Waals surface area contributed by atoms with Crippen molar-refractivity contribution in [3.8, 4) is 0 Å². The lowest BCUT2D eigenvalue weighted by Crippen LogP contribution is -2.49. The van der Waals surface area contributed by atoms with E-state index in [0.717, 1.165) is 12.1 Å². The second kappa shape index (κ2) is 5.72. The molecular weight excluding hydrogens is 274 g/mol. The van der Waals surface area contributed by atoms with Crippen LogP contribution in [-0.2, 0) is 4.79 Å². The van der Waals surface area contributed by atoms with Crippen LogP contribution in [0.3, 0.4) is 0 Å². The van der Waals surface area contributed by atoms with Crippen LogP contribution in [-0.4, -0.2) is 42.5 Å². The van der Waals surface area contributed by atoms with E-state index in [1.165, 1.54) is 0 Å². The first-order chi connectivity index (χ1) is 9.29. The van der Waals surface area contributed by atoms with Gasteiger partial charge in [0.2, 0.25) is 5.91 Å². The summed E-state index contributed by atoms with van der Waals surface area (Å²) in [6.07, 6.45) is 0.802. The second-order valence-corrected chi connectivity index (χ2v) is 6.56. The minimum Gasteiger partial charge on any atom is -0.324 e. The Kier molecular flexibility index (Phi) is 4.37. The highest BCUT2D eigenvalue weighted by Crippen LogP contribution is 2.30. The number of para-hydroxylation sites is 1. The summed E-state index contributed by atoms with van der Waals surface area (Å²) in [5, 5.41) is 0.614. The fourth-order valence-corrected chi connectivity index (χ4v) is 2.97. The van der Waals surface area contributed by atoms with Crippen LogP contribution in [0.2, 0.25) is 5.02 Å². The molecule has 2 N–H and O–H groups in total. The van der Waals surface area contributed by atoms with Crippen molar-refractivity contribution in [2.24, 2.45) is 5.73 Å². The Bertz CT molecular complexity index is 498. The molecule has 2 rings (SSSR count). The summed E-state index contributed by atoms with van der Waals surface area (Å²) in [7, 11) is 1.95. The lowest BCUT2D eigenvalue weighted by molar-refractivity contribution is -0.121. The van der Waals surface area contributed by atoms with Crippen molar-refractivity contribution >= 4 is 23.2 Å². The van der Waals surface area contributed by atoms with E-state index >= 15 is 0 Å². The Morgan fingerprint density at radius 3 is 2.70 bits per heavy atom. The Balaban J connectivity index is 2.12. The average molecular weight is 296 g/mol. The predicted octanol–water partition coefficient (Wildman–Crippen LogP) is 2.11. The topological polar surface area (TPSA) is 49.6 Å². The van der Waals surface area contributed by atoms with Crippen LogP contribution in [0.5, 0.6) is 0 Å². The summed E-state index contributed by atoms with van der Waals surface area (Å²) < 4.78 is 0. The van der Waals surface area contributed by atoms with Gasteiger partial charge in [0, 0.05) is 18.6 Å². The summed E-state index contributed by atoms with van der Waals surface area (Å²) in [4.78, 5) is 16.4. The summed E-state index contributed by atoms with van der Waals surface area (Å²) >= 11 is 6.18. The molecule has 1 amide bonds. The molecule has 5 heteroatoms. The maximum absolute atomic E-state index is 12.6. The van der Waals surface area contributed by atoms with Gasteiger partial charge in [0.25, 0.3) is 0 Å². The van der Waals surface area contributed by atoms with Crippen molar-refractivity contribution in [1.82, 2.24) is 4.90 Å². The molecule has 0 radical (unpaired) electrons. The molecule has 1 unspecified atom stereocenters. The Morgan fingerprint density at radius 2 is 2.10 bits per heavy atom. The minimum atomic E-state index is -0.313. The zero-order valence-electron chi connectivity index (χ0n) is 12.3. The van der Waals surface area contributed by atoms with Crippen molar-refractivity contribution in [2.45, 2.75) is 31.8 Å². The molecule has 1 atom stereocenters. The molecule has 1 aromatic rings. The van der Waals surface area contributed by atoms with Crippen LogP contribution >= 0.6 is 11.6 Å². The summed E-state index contributed by atoms with van der Waals surface area (Å²) in [5.74, 6) is 0.102. The molecule has 0 saturated carbocycles. The Labute approximate surface area is 125 Å². The number of amides is 1. The first-order valence-corrected chi connectivity index (χ1v) is 7.22. The van der Waals surface area contributed by atoms with E-state index in [2.05, 4.69) is 0 Å². The summed E-state index contributed by atoms with van der Waals surface area (Å²) in [6.45, 7) is 5.31. The second-order valence-electron chi connectivity index (χ2n) is 6.15. The van der Waals surface area contributed by atoms with Gasteiger partial charge in [-0.2, -0.15) is 0 Å². The lowest BCUT2D eigenvalue weighted by atomic mass is 10.1. The predicted molar refractivity (Wildman–Crippen MR) is 83.1 cm³/mol. The number of rotatable bonds is 4. The zero-order valence-corrected chi connectivity index (χ0v) is 13.0. The molecular formula is C15H22ClN3O. The molecule has 0 spiro atoms. The van der Waals surface area contributed by atoms with E-state index in [4.69, 9.17) is 17.3 Å².